The van der Waals surface area contributed by atoms with Crippen LogP contribution in [-0.2, 0) is 12.4 Å². The highest BCUT2D eigenvalue weighted by Gasteiger charge is 2.04. The van der Waals surface area contributed by atoms with Crippen molar-refractivity contribution in [3.05, 3.63) is 52.6 Å². The van der Waals surface area contributed by atoms with Gasteiger partial charge in [-0.3, -0.25) is 4.79 Å². The number of alkyl halides is 1. The summed E-state index contributed by atoms with van der Waals surface area (Å²) >= 11 is 5.77. The fourth-order valence-electron chi connectivity index (χ4n) is 1.65. The summed E-state index contributed by atoms with van der Waals surface area (Å²) in [7, 11) is 0. The van der Waals surface area contributed by atoms with E-state index in [-0.39, 0.29) is 5.56 Å². The molecule has 2 rings (SSSR count). The number of halogens is 1. The summed E-state index contributed by atoms with van der Waals surface area (Å²) in [5, 5.41) is 3.02. The number of aryl methyl sites for hydroxylation is 1. The van der Waals surface area contributed by atoms with Gasteiger partial charge in [0.25, 0.3) is 5.56 Å². The van der Waals surface area contributed by atoms with Crippen LogP contribution in [0.15, 0.2) is 41.5 Å². The fraction of sp³-hybridized carbons (Fsp3) is 0.231. The normalized spacial score (nSPS) is 10.3. The molecule has 0 saturated carbocycles. The number of nitrogens with one attached hydrogen (secondary N) is 1. The Morgan fingerprint density at radius 3 is 3.00 bits per heavy atom. The average Bonchev–Trinajstić information content (AvgIpc) is 2.41. The quantitative estimate of drug-likeness (QED) is 0.863. The van der Waals surface area contributed by atoms with Gasteiger partial charge in [-0.2, -0.15) is 0 Å². The van der Waals surface area contributed by atoms with E-state index in [9.17, 15) is 4.79 Å². The van der Waals surface area contributed by atoms with Crippen molar-refractivity contribution in [2.75, 3.05) is 5.32 Å². The summed E-state index contributed by atoms with van der Waals surface area (Å²) in [6.07, 6.45) is 3.28. The molecule has 0 atom stereocenters. The third-order valence-corrected chi connectivity index (χ3v) is 2.91. The Kier molecular flexibility index (Phi) is 3.99. The summed E-state index contributed by atoms with van der Waals surface area (Å²) in [6, 6.07) is 7.60. The van der Waals surface area contributed by atoms with E-state index in [1.165, 1.54) is 0 Å². The van der Waals surface area contributed by atoms with Gasteiger partial charge in [0.1, 0.15) is 0 Å². The zero-order valence-corrected chi connectivity index (χ0v) is 10.8. The molecule has 0 unspecified atom stereocenters. The monoisotopic (exact) mass is 263 g/mol. The van der Waals surface area contributed by atoms with Crippen LogP contribution < -0.4 is 10.9 Å². The number of anilines is 2. The molecule has 0 radical (unpaired) electrons. The van der Waals surface area contributed by atoms with E-state index in [0.29, 0.717) is 18.2 Å². The van der Waals surface area contributed by atoms with Crippen molar-refractivity contribution in [1.29, 1.82) is 0 Å². The molecule has 0 fully saturated rings. The van der Waals surface area contributed by atoms with Crippen LogP contribution in [0, 0.1) is 0 Å². The van der Waals surface area contributed by atoms with Crippen molar-refractivity contribution in [2.45, 2.75) is 19.3 Å². The third-order valence-electron chi connectivity index (χ3n) is 2.60. The number of nitrogens with zero attached hydrogens (tertiary/aromatic N) is 2. The van der Waals surface area contributed by atoms with E-state index < -0.39 is 0 Å². The van der Waals surface area contributed by atoms with Crippen molar-refractivity contribution in [1.82, 2.24) is 9.55 Å². The van der Waals surface area contributed by atoms with Gasteiger partial charge >= 0.3 is 0 Å². The zero-order valence-electron chi connectivity index (χ0n) is 10.1. The summed E-state index contributed by atoms with van der Waals surface area (Å²) in [5.74, 6) is 0.766. The molecule has 0 amide bonds. The summed E-state index contributed by atoms with van der Waals surface area (Å²) in [5.41, 5.74) is 1.68. The molecule has 1 aromatic carbocycles. The Balaban J connectivity index is 2.31. The van der Waals surface area contributed by atoms with Gasteiger partial charge in [0, 0.05) is 30.5 Å². The third kappa shape index (κ3) is 2.71. The molecule has 0 bridgehead atoms. The highest BCUT2D eigenvalue weighted by molar-refractivity contribution is 6.17. The molecule has 1 N–H and O–H groups in total. The lowest BCUT2D eigenvalue weighted by Crippen LogP contribution is -2.22. The van der Waals surface area contributed by atoms with Gasteiger partial charge in [-0.05, 0) is 24.6 Å². The van der Waals surface area contributed by atoms with Gasteiger partial charge in [-0.1, -0.05) is 12.1 Å². The van der Waals surface area contributed by atoms with E-state index in [2.05, 4.69) is 10.3 Å². The molecule has 18 heavy (non-hydrogen) atoms. The Morgan fingerprint density at radius 2 is 2.28 bits per heavy atom. The molecule has 0 spiro atoms. The lowest BCUT2D eigenvalue weighted by molar-refractivity contribution is 0.720. The first-order chi connectivity index (χ1) is 8.74. The summed E-state index contributed by atoms with van der Waals surface area (Å²) in [6.45, 7) is 2.54. The minimum atomic E-state index is -0.128. The van der Waals surface area contributed by atoms with Crippen LogP contribution in [0.4, 0.5) is 11.5 Å². The van der Waals surface area contributed by atoms with Crippen molar-refractivity contribution in [3.63, 3.8) is 0 Å². The maximum atomic E-state index is 12.0. The second-order valence-corrected chi connectivity index (χ2v) is 4.09. The van der Waals surface area contributed by atoms with Crippen molar-refractivity contribution >= 4 is 23.1 Å². The summed E-state index contributed by atoms with van der Waals surface area (Å²) in [4.78, 5) is 16.0. The molecule has 1 heterocycles. The predicted octanol–water partition coefficient (Wildman–Crippen LogP) is 2.75. The topological polar surface area (TPSA) is 46.9 Å². The van der Waals surface area contributed by atoms with Crippen LogP contribution >= 0.6 is 11.6 Å². The van der Waals surface area contributed by atoms with E-state index in [1.54, 1.807) is 17.0 Å². The Labute approximate surface area is 110 Å². The molecule has 2 aromatic rings. The van der Waals surface area contributed by atoms with Crippen LogP contribution in [-0.4, -0.2) is 9.55 Å². The first kappa shape index (κ1) is 12.6. The number of hydrogen-bond donors (Lipinski definition) is 1. The van der Waals surface area contributed by atoms with Crippen LogP contribution in [0.1, 0.15) is 12.5 Å². The van der Waals surface area contributed by atoms with Crippen LogP contribution in [0.2, 0.25) is 0 Å². The first-order valence-corrected chi connectivity index (χ1v) is 6.25. The van der Waals surface area contributed by atoms with Gasteiger partial charge in [-0.25, -0.2) is 4.98 Å². The van der Waals surface area contributed by atoms with E-state index >= 15 is 0 Å². The molecular formula is C13H14ClN3O. The van der Waals surface area contributed by atoms with E-state index in [1.807, 2.05) is 31.2 Å². The number of hydrogen-bond acceptors (Lipinski definition) is 3. The lowest BCUT2D eigenvalue weighted by Gasteiger charge is -2.08. The molecule has 0 aliphatic heterocycles. The average molecular weight is 264 g/mol. The second kappa shape index (κ2) is 5.69. The largest absolute Gasteiger partial charge is 0.336 e. The van der Waals surface area contributed by atoms with Crippen LogP contribution in [0.5, 0.6) is 0 Å². The van der Waals surface area contributed by atoms with Crippen molar-refractivity contribution in [2.24, 2.45) is 0 Å². The van der Waals surface area contributed by atoms with Gasteiger partial charge in [0.05, 0.1) is 0 Å². The van der Waals surface area contributed by atoms with Gasteiger partial charge in [0.15, 0.2) is 5.82 Å². The Hall–Kier alpha value is -1.81. The first-order valence-electron chi connectivity index (χ1n) is 5.72. The smallest absolute Gasteiger partial charge is 0.293 e. The minimum absolute atomic E-state index is 0.128. The van der Waals surface area contributed by atoms with Crippen LogP contribution in [0.25, 0.3) is 0 Å². The maximum Gasteiger partial charge on any atom is 0.293 e. The molecule has 0 aliphatic rings. The standard InChI is InChI=1S/C13H14ClN3O/c1-2-17-7-6-15-12(13(17)18)16-11-5-3-4-10(8-11)9-14/h3-8H,2,9H2,1H3,(H,15,16). The fourth-order valence-corrected chi connectivity index (χ4v) is 1.82. The number of benzene rings is 1. The van der Waals surface area contributed by atoms with E-state index in [0.717, 1.165) is 11.3 Å². The molecular weight excluding hydrogens is 250 g/mol. The van der Waals surface area contributed by atoms with E-state index in [4.69, 9.17) is 11.6 Å². The molecule has 1 aromatic heterocycles. The highest BCUT2D eigenvalue weighted by atomic mass is 35.5. The van der Waals surface area contributed by atoms with Gasteiger partial charge in [0.2, 0.25) is 0 Å². The molecule has 5 heteroatoms. The summed E-state index contributed by atoms with van der Waals surface area (Å²) < 4.78 is 1.60. The molecule has 0 saturated heterocycles. The molecule has 4 nitrogen and oxygen atoms in total. The lowest BCUT2D eigenvalue weighted by atomic mass is 10.2. The molecule has 94 valence electrons. The van der Waals surface area contributed by atoms with Gasteiger partial charge < -0.3 is 9.88 Å². The zero-order chi connectivity index (χ0) is 13.0. The SMILES string of the molecule is CCn1ccnc(Nc2cccc(CCl)c2)c1=O. The Bertz CT molecular complexity index is 595. The van der Waals surface area contributed by atoms with Gasteiger partial charge in [-0.15, -0.1) is 11.6 Å². The molecule has 0 aliphatic carbocycles. The van der Waals surface area contributed by atoms with Crippen LogP contribution in [0.3, 0.4) is 0 Å². The Morgan fingerprint density at radius 1 is 1.44 bits per heavy atom. The van der Waals surface area contributed by atoms with Crippen molar-refractivity contribution in [3.8, 4) is 0 Å². The minimum Gasteiger partial charge on any atom is -0.336 e. The predicted molar refractivity (Wildman–Crippen MR) is 73.5 cm³/mol. The highest BCUT2D eigenvalue weighted by Crippen LogP contribution is 2.15. The maximum absolute atomic E-state index is 12.0. The second-order valence-electron chi connectivity index (χ2n) is 3.83. The number of rotatable bonds is 4. The number of aromatic nitrogens is 2. The van der Waals surface area contributed by atoms with Crippen molar-refractivity contribution < 1.29 is 0 Å².